The number of methoxy groups -OCH3 is 2. The van der Waals surface area contributed by atoms with Crippen molar-refractivity contribution in [2.75, 3.05) is 40.6 Å². The van der Waals surface area contributed by atoms with E-state index in [1.54, 1.807) is 0 Å². The lowest BCUT2D eigenvalue weighted by Crippen LogP contribution is -2.21. The molecule has 1 fully saturated rings. The summed E-state index contributed by atoms with van der Waals surface area (Å²) in [6, 6.07) is 20.0. The van der Waals surface area contributed by atoms with E-state index in [0.717, 1.165) is 68.0 Å². The van der Waals surface area contributed by atoms with Crippen molar-refractivity contribution >= 4 is 11.9 Å². The highest BCUT2D eigenvalue weighted by atomic mass is 16.6. The van der Waals surface area contributed by atoms with Crippen LogP contribution in [0.3, 0.4) is 0 Å². The first-order valence-electron chi connectivity index (χ1n) is 18.0. The summed E-state index contributed by atoms with van der Waals surface area (Å²) in [4.78, 5) is 24.0. The molecule has 2 unspecified atom stereocenters. The number of aliphatic hydroxyl groups is 2. The maximum atomic E-state index is 12.0. The molecule has 0 aromatic heterocycles. The number of aliphatic hydroxyl groups excluding tert-OH is 2. The Morgan fingerprint density at radius 1 is 0.679 bits per heavy atom. The van der Waals surface area contributed by atoms with Gasteiger partial charge in [-0.15, -0.1) is 0 Å². The smallest absolute Gasteiger partial charge is 0.338 e. The maximum absolute atomic E-state index is 12.0. The normalized spacial score (nSPS) is 14.0. The van der Waals surface area contributed by atoms with Gasteiger partial charge in [-0.3, -0.25) is 0 Å². The second-order valence-electron chi connectivity index (χ2n) is 14.2. The molecule has 0 spiro atoms. The summed E-state index contributed by atoms with van der Waals surface area (Å²) in [5.74, 6) is 1.43. The van der Waals surface area contributed by atoms with Crippen molar-refractivity contribution < 1.29 is 43.5 Å². The van der Waals surface area contributed by atoms with Crippen LogP contribution in [-0.4, -0.2) is 75.0 Å². The molecule has 2 atom stereocenters. The molecule has 5 rings (SSSR count). The first-order chi connectivity index (χ1) is 25.2. The first-order valence-corrected chi connectivity index (χ1v) is 18.0. The number of hydrogen-bond acceptors (Lipinski definition) is 9. The van der Waals surface area contributed by atoms with Crippen LogP contribution in [0.4, 0.5) is 0 Å². The number of carbonyl (C=O) groups excluding carboxylic acids is 2. The Balaban J connectivity index is 0.000000237. The Labute approximate surface area is 313 Å². The molecule has 53 heavy (non-hydrogen) atoms. The van der Waals surface area contributed by atoms with Gasteiger partial charge in [-0.2, -0.15) is 0 Å². The minimum Gasteiger partial charge on any atom is -0.490 e. The van der Waals surface area contributed by atoms with E-state index in [2.05, 4.69) is 45.9 Å². The van der Waals surface area contributed by atoms with Gasteiger partial charge in [0, 0.05) is 0 Å². The van der Waals surface area contributed by atoms with Crippen molar-refractivity contribution in [3.8, 4) is 33.8 Å². The molecule has 4 aromatic rings. The van der Waals surface area contributed by atoms with E-state index >= 15 is 0 Å². The maximum Gasteiger partial charge on any atom is 0.338 e. The summed E-state index contributed by atoms with van der Waals surface area (Å²) in [6.07, 6.45) is -0.657. The van der Waals surface area contributed by atoms with Crippen molar-refractivity contribution in [2.45, 2.75) is 79.4 Å². The van der Waals surface area contributed by atoms with Crippen LogP contribution in [0.15, 0.2) is 60.7 Å². The first kappa shape index (κ1) is 41.1. The average Bonchev–Trinajstić information content (AvgIpc) is 3.97. The number of hydrogen-bond donors (Lipinski definition) is 2. The average molecular weight is 727 g/mol. The van der Waals surface area contributed by atoms with Gasteiger partial charge in [0.1, 0.15) is 36.9 Å². The van der Waals surface area contributed by atoms with Crippen LogP contribution in [0, 0.1) is 27.7 Å². The molecule has 1 heterocycles. The van der Waals surface area contributed by atoms with E-state index in [9.17, 15) is 14.7 Å². The number of benzene rings is 4. The standard InChI is InChI=1S/C22H28O5.C22H26O4/c1-13(2)20-10-16(6-7-19(20)22(25)26-5)17-8-14(3)21(15(4)9-17)27-12-18(24)11-23;1-13(2)20-10-16(6-7-19(20)22(23)24-5)17-8-14(3)21(15(4)9-17)26-12-18-11-25-18/h6-10,13,18,23-24H,11-12H2,1-5H3;6-10,13,18H,11-12H2,1-5H3. The molecule has 9 heteroatoms. The lowest BCUT2D eigenvalue weighted by molar-refractivity contribution is 0.0532. The summed E-state index contributed by atoms with van der Waals surface area (Å²) in [6.45, 7) is 17.4. The molecule has 284 valence electrons. The lowest BCUT2D eigenvalue weighted by Gasteiger charge is -2.17. The van der Waals surface area contributed by atoms with Crippen LogP contribution in [-0.2, 0) is 14.2 Å². The Bertz CT molecular complexity index is 1860. The SMILES string of the molecule is COC(=O)c1ccc(-c2cc(C)c(OCC(O)CO)c(C)c2)cc1C(C)C.COC(=O)c1ccc(-c2cc(C)c(OCC3CO3)c(C)c2)cc1C(C)C. The molecule has 1 saturated heterocycles. The summed E-state index contributed by atoms with van der Waals surface area (Å²) < 4.78 is 26.6. The molecule has 2 N–H and O–H groups in total. The minimum atomic E-state index is -0.900. The van der Waals surface area contributed by atoms with Crippen LogP contribution >= 0.6 is 0 Å². The van der Waals surface area contributed by atoms with Crippen molar-refractivity contribution in [2.24, 2.45) is 0 Å². The third kappa shape index (κ3) is 10.5. The Morgan fingerprint density at radius 2 is 1.08 bits per heavy atom. The van der Waals surface area contributed by atoms with Gasteiger partial charge in [-0.1, -0.05) is 52.0 Å². The van der Waals surface area contributed by atoms with E-state index < -0.39 is 6.10 Å². The Kier molecular flexibility index (Phi) is 14.2. The summed E-state index contributed by atoms with van der Waals surface area (Å²) in [5, 5.41) is 18.4. The largest absolute Gasteiger partial charge is 0.490 e. The zero-order valence-corrected chi connectivity index (χ0v) is 32.7. The monoisotopic (exact) mass is 726 g/mol. The number of ether oxygens (including phenoxy) is 5. The molecule has 1 aliphatic rings. The summed E-state index contributed by atoms with van der Waals surface area (Å²) >= 11 is 0. The third-order valence-electron chi connectivity index (χ3n) is 9.19. The molecular formula is C44H54O9. The fourth-order valence-electron chi connectivity index (χ4n) is 6.29. The predicted molar refractivity (Wildman–Crippen MR) is 207 cm³/mol. The van der Waals surface area contributed by atoms with Gasteiger partial charge in [0.05, 0.1) is 38.6 Å². The highest BCUT2D eigenvalue weighted by Crippen LogP contribution is 2.35. The summed E-state index contributed by atoms with van der Waals surface area (Å²) in [7, 11) is 2.80. The topological polar surface area (TPSA) is 124 Å². The van der Waals surface area contributed by atoms with E-state index in [4.69, 9.17) is 28.8 Å². The van der Waals surface area contributed by atoms with E-state index in [1.165, 1.54) is 14.2 Å². The molecule has 0 aliphatic carbocycles. The fraction of sp³-hybridized carbons (Fsp3) is 0.409. The van der Waals surface area contributed by atoms with Crippen LogP contribution in [0.1, 0.15) is 93.6 Å². The highest BCUT2D eigenvalue weighted by Gasteiger charge is 2.24. The van der Waals surface area contributed by atoms with Gasteiger partial charge < -0.3 is 33.9 Å². The Morgan fingerprint density at radius 3 is 1.42 bits per heavy atom. The zero-order chi connectivity index (χ0) is 39.0. The molecule has 0 saturated carbocycles. The van der Waals surface area contributed by atoms with Gasteiger partial charge in [-0.05, 0) is 132 Å². The van der Waals surface area contributed by atoms with Gasteiger partial charge in [0.25, 0.3) is 0 Å². The zero-order valence-electron chi connectivity index (χ0n) is 32.7. The number of aryl methyl sites for hydroxylation is 4. The predicted octanol–water partition coefficient (Wildman–Crippen LogP) is 8.27. The van der Waals surface area contributed by atoms with Crippen molar-refractivity contribution in [3.05, 3.63) is 105 Å². The lowest BCUT2D eigenvalue weighted by atomic mass is 9.91. The molecule has 9 nitrogen and oxygen atoms in total. The number of rotatable bonds is 13. The highest BCUT2D eigenvalue weighted by molar-refractivity contribution is 5.93. The van der Waals surface area contributed by atoms with Crippen LogP contribution < -0.4 is 9.47 Å². The minimum absolute atomic E-state index is 0.0445. The number of epoxide rings is 1. The second-order valence-corrected chi connectivity index (χ2v) is 14.2. The molecule has 4 aromatic carbocycles. The van der Waals surface area contributed by atoms with Gasteiger partial charge in [0.15, 0.2) is 0 Å². The van der Waals surface area contributed by atoms with Gasteiger partial charge >= 0.3 is 11.9 Å². The number of esters is 2. The van der Waals surface area contributed by atoms with Crippen molar-refractivity contribution in [3.63, 3.8) is 0 Å². The van der Waals surface area contributed by atoms with Crippen molar-refractivity contribution in [1.82, 2.24) is 0 Å². The van der Waals surface area contributed by atoms with Crippen LogP contribution in [0.25, 0.3) is 22.3 Å². The van der Waals surface area contributed by atoms with Crippen molar-refractivity contribution in [1.29, 1.82) is 0 Å². The molecule has 0 bridgehead atoms. The van der Waals surface area contributed by atoms with E-state index in [1.807, 2.05) is 70.2 Å². The summed E-state index contributed by atoms with van der Waals surface area (Å²) in [5.41, 5.74) is 11.5. The molecule has 0 amide bonds. The fourth-order valence-corrected chi connectivity index (χ4v) is 6.29. The Hall–Kier alpha value is -4.70. The number of carbonyl (C=O) groups is 2. The van der Waals surface area contributed by atoms with Gasteiger partial charge in [-0.25, -0.2) is 9.59 Å². The molecule has 0 radical (unpaired) electrons. The third-order valence-corrected chi connectivity index (χ3v) is 9.19. The van der Waals surface area contributed by atoms with Crippen LogP contribution in [0.5, 0.6) is 11.5 Å². The van der Waals surface area contributed by atoms with E-state index in [-0.39, 0.29) is 43.1 Å². The van der Waals surface area contributed by atoms with Crippen LogP contribution in [0.2, 0.25) is 0 Å². The van der Waals surface area contributed by atoms with Gasteiger partial charge in [0.2, 0.25) is 0 Å². The molecular weight excluding hydrogens is 672 g/mol. The quantitative estimate of drug-likeness (QED) is 0.104. The second kappa shape index (κ2) is 18.4. The van der Waals surface area contributed by atoms with E-state index in [0.29, 0.717) is 23.5 Å². The molecule has 1 aliphatic heterocycles.